The number of amides is 3. The number of aliphatic hydroxyl groups excluding tert-OH is 1. The number of aliphatic hydroxyl groups is 1. The molecule has 2 fully saturated rings. The van der Waals surface area contributed by atoms with Crippen molar-refractivity contribution in [2.75, 3.05) is 32.9 Å². The molecule has 10 nitrogen and oxygen atoms in total. The molecule has 0 saturated carbocycles. The van der Waals surface area contributed by atoms with Crippen molar-refractivity contribution in [3.63, 3.8) is 0 Å². The number of fused-ring (bicyclic) bond motifs is 3. The minimum absolute atomic E-state index is 0.00148. The van der Waals surface area contributed by atoms with Gasteiger partial charge in [-0.15, -0.1) is 0 Å². The van der Waals surface area contributed by atoms with Gasteiger partial charge in [0.2, 0.25) is 0 Å². The second-order valence-electron chi connectivity index (χ2n) is 12.6. The molecule has 5 rings (SSSR count). The number of ether oxygens (including phenoxy) is 3. The van der Waals surface area contributed by atoms with Crippen LogP contribution in [-0.4, -0.2) is 95.6 Å². The molecule has 2 bridgehead atoms. The average molecular weight is 594 g/mol. The Morgan fingerprint density at radius 2 is 1.72 bits per heavy atom. The molecule has 2 saturated heterocycles. The second kappa shape index (κ2) is 12.9. The van der Waals surface area contributed by atoms with Gasteiger partial charge in [-0.05, 0) is 82.7 Å². The van der Waals surface area contributed by atoms with Crippen LogP contribution in [0.15, 0.2) is 42.5 Å². The van der Waals surface area contributed by atoms with Gasteiger partial charge in [-0.3, -0.25) is 9.59 Å². The maximum absolute atomic E-state index is 13.4. The lowest BCUT2D eigenvalue weighted by Crippen LogP contribution is -2.49. The summed E-state index contributed by atoms with van der Waals surface area (Å²) in [6.45, 7) is 8.57. The molecule has 2 aromatic carbocycles. The van der Waals surface area contributed by atoms with Crippen LogP contribution in [0.25, 0.3) is 0 Å². The van der Waals surface area contributed by atoms with Crippen molar-refractivity contribution in [1.82, 2.24) is 15.1 Å². The van der Waals surface area contributed by atoms with Crippen LogP contribution in [0.3, 0.4) is 0 Å². The Bertz CT molecular complexity index is 1300. The molecule has 2 aliphatic heterocycles. The van der Waals surface area contributed by atoms with E-state index in [1.165, 1.54) is 11.1 Å². The van der Waals surface area contributed by atoms with Crippen molar-refractivity contribution >= 4 is 17.9 Å². The van der Waals surface area contributed by atoms with Gasteiger partial charge < -0.3 is 34.4 Å². The number of hydrogen-bond acceptors (Lipinski definition) is 7. The molecule has 0 aromatic heterocycles. The summed E-state index contributed by atoms with van der Waals surface area (Å²) in [7, 11) is 0. The molecule has 2 N–H and O–H groups in total. The van der Waals surface area contributed by atoms with E-state index in [4.69, 9.17) is 14.2 Å². The van der Waals surface area contributed by atoms with Crippen LogP contribution in [0, 0.1) is 0 Å². The molecule has 3 aliphatic rings. The zero-order valence-corrected chi connectivity index (χ0v) is 25.5. The molecule has 3 atom stereocenters. The van der Waals surface area contributed by atoms with Gasteiger partial charge in [0.15, 0.2) is 0 Å². The Morgan fingerprint density at radius 3 is 2.33 bits per heavy atom. The summed E-state index contributed by atoms with van der Waals surface area (Å²) in [5.74, 6) is -0.222. The second-order valence-corrected chi connectivity index (χ2v) is 12.6. The lowest BCUT2D eigenvalue weighted by atomic mass is 10.1. The third-order valence-corrected chi connectivity index (χ3v) is 8.25. The van der Waals surface area contributed by atoms with E-state index in [0.717, 1.165) is 12.8 Å². The van der Waals surface area contributed by atoms with Gasteiger partial charge in [-0.25, -0.2) is 4.79 Å². The lowest BCUT2D eigenvalue weighted by Gasteiger charge is -2.34. The van der Waals surface area contributed by atoms with E-state index in [0.29, 0.717) is 44.0 Å². The molecule has 10 heteroatoms. The van der Waals surface area contributed by atoms with E-state index in [9.17, 15) is 19.5 Å². The van der Waals surface area contributed by atoms with E-state index in [2.05, 4.69) is 17.4 Å². The fraction of sp³-hybridized carbons (Fsp3) is 0.545. The highest BCUT2D eigenvalue weighted by Gasteiger charge is 2.41. The van der Waals surface area contributed by atoms with E-state index >= 15 is 0 Å². The van der Waals surface area contributed by atoms with Crippen LogP contribution in [0.4, 0.5) is 4.79 Å². The van der Waals surface area contributed by atoms with Crippen LogP contribution in [0.1, 0.15) is 72.4 Å². The molecule has 3 amide bonds. The van der Waals surface area contributed by atoms with Gasteiger partial charge in [0, 0.05) is 18.2 Å². The normalized spacial score (nSPS) is 20.3. The van der Waals surface area contributed by atoms with Crippen molar-refractivity contribution in [2.24, 2.45) is 0 Å². The predicted molar refractivity (Wildman–Crippen MR) is 160 cm³/mol. The van der Waals surface area contributed by atoms with Gasteiger partial charge in [-0.2, -0.15) is 0 Å². The molecule has 2 heterocycles. The number of morpholine rings is 1. The van der Waals surface area contributed by atoms with Gasteiger partial charge in [0.1, 0.15) is 11.4 Å². The molecule has 232 valence electrons. The lowest BCUT2D eigenvalue weighted by molar-refractivity contribution is -0.00718. The summed E-state index contributed by atoms with van der Waals surface area (Å²) in [4.78, 5) is 43.3. The fourth-order valence-corrected chi connectivity index (χ4v) is 6.27. The number of hydrogen-bond donors (Lipinski definition) is 2. The van der Waals surface area contributed by atoms with Crippen molar-refractivity contribution in [3.05, 3.63) is 64.7 Å². The summed E-state index contributed by atoms with van der Waals surface area (Å²) in [6, 6.07) is 12.9. The van der Waals surface area contributed by atoms with Gasteiger partial charge in [-0.1, -0.05) is 24.3 Å². The third kappa shape index (κ3) is 7.13. The van der Waals surface area contributed by atoms with E-state index in [1.54, 1.807) is 23.1 Å². The number of carbonyl (C=O) groups is 3. The Labute approximate surface area is 253 Å². The predicted octanol–water partition coefficient (Wildman–Crippen LogP) is 3.58. The third-order valence-electron chi connectivity index (χ3n) is 8.25. The number of nitrogens with one attached hydrogen (secondary N) is 1. The summed E-state index contributed by atoms with van der Waals surface area (Å²) in [5, 5.41) is 13.7. The summed E-state index contributed by atoms with van der Waals surface area (Å²) in [6.07, 6.45) is 1.66. The molecule has 2 unspecified atom stereocenters. The first-order valence-corrected chi connectivity index (χ1v) is 15.2. The standard InChI is InChI=1S/C33H43N3O7/c1-5-42-29-16-23(31(39)36-24-11-12-25(36)20-41-19-24)10-13-28(29)30(38)34-17-27(37)18-35(32(40)43-33(2,3)4)26-14-21-8-6-7-9-22(21)15-26/h6-10,13,16,24-27,37H,5,11-12,14-15,17-20H2,1-4H3,(H,34,38)/t24?,25?,27-/m1/s1. The van der Waals surface area contributed by atoms with Crippen LogP contribution in [0.5, 0.6) is 5.75 Å². The summed E-state index contributed by atoms with van der Waals surface area (Å²) in [5.41, 5.74) is 2.39. The zero-order chi connectivity index (χ0) is 30.7. The van der Waals surface area contributed by atoms with Crippen molar-refractivity contribution in [3.8, 4) is 5.75 Å². The number of rotatable bonds is 9. The minimum atomic E-state index is -1.03. The van der Waals surface area contributed by atoms with Crippen molar-refractivity contribution in [1.29, 1.82) is 0 Å². The molecule has 43 heavy (non-hydrogen) atoms. The SMILES string of the molecule is CCOc1cc(C(=O)N2C3CCC2COC3)ccc1C(=O)NC[C@@H](O)CN(C(=O)OC(C)(C)C)C1Cc2ccccc2C1. The van der Waals surface area contributed by atoms with Gasteiger partial charge in [0.05, 0.1) is 50.1 Å². The Kier molecular flexibility index (Phi) is 9.27. The number of carbonyl (C=O) groups excluding carboxylic acids is 3. The molecule has 1 aliphatic carbocycles. The molecule has 0 spiro atoms. The number of nitrogens with zero attached hydrogens (tertiary/aromatic N) is 2. The van der Waals surface area contributed by atoms with Crippen LogP contribution in [0.2, 0.25) is 0 Å². The van der Waals surface area contributed by atoms with Crippen LogP contribution in [-0.2, 0) is 22.3 Å². The first-order valence-electron chi connectivity index (χ1n) is 15.2. The largest absolute Gasteiger partial charge is 0.493 e. The Morgan fingerprint density at radius 1 is 1.07 bits per heavy atom. The molecule has 0 radical (unpaired) electrons. The highest BCUT2D eigenvalue weighted by Crippen LogP contribution is 2.32. The number of benzene rings is 2. The summed E-state index contributed by atoms with van der Waals surface area (Å²) >= 11 is 0. The molecular formula is C33H43N3O7. The van der Waals surface area contributed by atoms with Crippen LogP contribution < -0.4 is 10.1 Å². The zero-order valence-electron chi connectivity index (χ0n) is 25.5. The smallest absolute Gasteiger partial charge is 0.410 e. The maximum Gasteiger partial charge on any atom is 0.410 e. The van der Waals surface area contributed by atoms with E-state index in [1.807, 2.05) is 44.7 Å². The molecule has 2 aromatic rings. The monoisotopic (exact) mass is 593 g/mol. The Balaban J connectivity index is 1.24. The van der Waals surface area contributed by atoms with Gasteiger partial charge >= 0.3 is 6.09 Å². The van der Waals surface area contributed by atoms with E-state index in [-0.39, 0.29) is 42.7 Å². The average Bonchev–Trinajstić information content (AvgIpc) is 3.50. The van der Waals surface area contributed by atoms with Gasteiger partial charge in [0.25, 0.3) is 11.8 Å². The minimum Gasteiger partial charge on any atom is -0.493 e. The van der Waals surface area contributed by atoms with Crippen molar-refractivity contribution in [2.45, 2.75) is 83.2 Å². The Hall–Kier alpha value is -3.63. The van der Waals surface area contributed by atoms with Crippen molar-refractivity contribution < 1.29 is 33.7 Å². The van der Waals surface area contributed by atoms with E-state index < -0.39 is 23.7 Å². The van der Waals surface area contributed by atoms with Crippen LogP contribution >= 0.6 is 0 Å². The summed E-state index contributed by atoms with van der Waals surface area (Å²) < 4.78 is 17.1. The highest BCUT2D eigenvalue weighted by atomic mass is 16.6. The topological polar surface area (TPSA) is 118 Å². The highest BCUT2D eigenvalue weighted by molar-refractivity contribution is 6.00. The quantitative estimate of drug-likeness (QED) is 0.456. The first kappa shape index (κ1) is 30.8. The first-order chi connectivity index (χ1) is 20.5. The maximum atomic E-state index is 13.4. The molecular weight excluding hydrogens is 550 g/mol. The fourth-order valence-electron chi connectivity index (χ4n) is 6.27.